The topological polar surface area (TPSA) is 41.6 Å². The molecule has 1 aromatic rings. The molecule has 110 valence electrons. The highest BCUT2D eigenvalue weighted by molar-refractivity contribution is 5.76. The van der Waals surface area contributed by atoms with Gasteiger partial charge in [0.05, 0.1) is 13.0 Å². The fraction of sp³-hybridized carbons (Fsp3) is 0.562. The Kier molecular flexibility index (Phi) is 5.01. The molecule has 1 saturated heterocycles. The second-order valence-corrected chi connectivity index (χ2v) is 5.44. The third-order valence-electron chi connectivity index (χ3n) is 3.95. The van der Waals surface area contributed by atoms with Crippen molar-refractivity contribution < 1.29 is 9.53 Å². The average molecular weight is 276 g/mol. The van der Waals surface area contributed by atoms with Crippen molar-refractivity contribution in [1.82, 2.24) is 10.2 Å². The van der Waals surface area contributed by atoms with Gasteiger partial charge < -0.3 is 15.0 Å². The van der Waals surface area contributed by atoms with E-state index >= 15 is 0 Å². The number of rotatable bonds is 4. The molecule has 1 fully saturated rings. The van der Waals surface area contributed by atoms with Gasteiger partial charge in [0, 0.05) is 25.7 Å². The molecule has 20 heavy (non-hydrogen) atoms. The lowest BCUT2D eigenvalue weighted by molar-refractivity contribution is -0.134. The molecule has 0 radical (unpaired) electrons. The fourth-order valence-electron chi connectivity index (χ4n) is 2.48. The number of piperazine rings is 1. The van der Waals surface area contributed by atoms with Crippen LogP contribution in [0.4, 0.5) is 0 Å². The Bertz CT molecular complexity index is 474. The van der Waals surface area contributed by atoms with Gasteiger partial charge in [-0.05, 0) is 38.0 Å². The summed E-state index contributed by atoms with van der Waals surface area (Å²) >= 11 is 0. The highest BCUT2D eigenvalue weighted by Crippen LogP contribution is 2.20. The Balaban J connectivity index is 1.83. The van der Waals surface area contributed by atoms with Crippen LogP contribution in [0.5, 0.6) is 5.75 Å². The second-order valence-electron chi connectivity index (χ2n) is 5.44. The third-order valence-corrected chi connectivity index (χ3v) is 3.95. The predicted molar refractivity (Wildman–Crippen MR) is 80.1 cm³/mol. The zero-order valence-electron chi connectivity index (χ0n) is 12.6. The quantitative estimate of drug-likeness (QED) is 0.913. The molecule has 4 heteroatoms. The molecule has 1 atom stereocenters. The summed E-state index contributed by atoms with van der Waals surface area (Å²) in [6.07, 6.45) is 0.442. The number of ether oxygens (including phenoxy) is 1. The van der Waals surface area contributed by atoms with E-state index in [1.54, 1.807) is 0 Å². The molecule has 0 aromatic heterocycles. The van der Waals surface area contributed by atoms with Gasteiger partial charge in [0.15, 0.2) is 0 Å². The molecule has 1 aromatic carbocycles. The maximum Gasteiger partial charge on any atom is 0.226 e. The molecule has 4 nitrogen and oxygen atoms in total. The number of benzene rings is 1. The third kappa shape index (κ3) is 3.51. The van der Waals surface area contributed by atoms with Crippen LogP contribution in [0, 0.1) is 13.8 Å². The summed E-state index contributed by atoms with van der Waals surface area (Å²) in [6, 6.07) is 6.28. The van der Waals surface area contributed by atoms with Crippen LogP contribution < -0.4 is 10.1 Å². The van der Waals surface area contributed by atoms with Gasteiger partial charge >= 0.3 is 0 Å². The van der Waals surface area contributed by atoms with Gasteiger partial charge in [-0.3, -0.25) is 4.79 Å². The van der Waals surface area contributed by atoms with E-state index in [9.17, 15) is 4.79 Å². The van der Waals surface area contributed by atoms with Gasteiger partial charge in [0.2, 0.25) is 5.91 Å². The zero-order valence-corrected chi connectivity index (χ0v) is 12.6. The number of aryl methyl sites for hydroxylation is 1. The van der Waals surface area contributed by atoms with Crippen molar-refractivity contribution in [2.75, 3.05) is 26.2 Å². The minimum absolute atomic E-state index is 0.185. The molecule has 0 unspecified atom stereocenters. The van der Waals surface area contributed by atoms with Crippen LogP contribution in [0.15, 0.2) is 18.2 Å². The average Bonchev–Trinajstić information content (AvgIpc) is 2.44. The molecule has 1 heterocycles. The Hall–Kier alpha value is -1.55. The smallest absolute Gasteiger partial charge is 0.226 e. The molecule has 1 aliphatic heterocycles. The summed E-state index contributed by atoms with van der Waals surface area (Å²) in [7, 11) is 0. The number of carbonyl (C=O) groups is 1. The first-order valence-corrected chi connectivity index (χ1v) is 7.29. The number of hydrogen-bond acceptors (Lipinski definition) is 3. The zero-order chi connectivity index (χ0) is 14.5. The van der Waals surface area contributed by atoms with Crippen molar-refractivity contribution >= 4 is 5.91 Å². The minimum Gasteiger partial charge on any atom is -0.493 e. The van der Waals surface area contributed by atoms with Crippen molar-refractivity contribution in [3.63, 3.8) is 0 Å². The van der Waals surface area contributed by atoms with E-state index in [-0.39, 0.29) is 11.9 Å². The van der Waals surface area contributed by atoms with E-state index in [0.717, 1.165) is 30.9 Å². The van der Waals surface area contributed by atoms with Crippen LogP contribution in [-0.4, -0.2) is 43.1 Å². The predicted octanol–water partition coefficient (Wildman–Crippen LogP) is 1.89. The van der Waals surface area contributed by atoms with Gasteiger partial charge in [-0.2, -0.15) is 0 Å². The standard InChI is InChI=1S/C16H24N2O2/c1-12-5-4-6-15(14(12)3)20-10-7-16(19)18-9-8-17-11-13(18)2/h4-6,13,17H,7-11H2,1-3H3/t13-/m1/s1. The van der Waals surface area contributed by atoms with Crippen LogP contribution in [0.3, 0.4) is 0 Å². The molecule has 1 aliphatic rings. The summed E-state index contributed by atoms with van der Waals surface area (Å²) in [5.41, 5.74) is 2.36. The first-order chi connectivity index (χ1) is 9.59. The number of nitrogens with one attached hydrogen (secondary N) is 1. The van der Waals surface area contributed by atoms with Crippen LogP contribution >= 0.6 is 0 Å². The Morgan fingerprint density at radius 3 is 3.00 bits per heavy atom. The lowest BCUT2D eigenvalue weighted by Crippen LogP contribution is -2.52. The molecule has 0 bridgehead atoms. The molecule has 0 saturated carbocycles. The van der Waals surface area contributed by atoms with Gasteiger partial charge in [-0.15, -0.1) is 0 Å². The van der Waals surface area contributed by atoms with E-state index in [0.29, 0.717) is 13.0 Å². The summed E-state index contributed by atoms with van der Waals surface area (Å²) in [6.45, 7) is 9.19. The van der Waals surface area contributed by atoms with Crippen molar-refractivity contribution in [2.24, 2.45) is 0 Å². The largest absolute Gasteiger partial charge is 0.493 e. The lowest BCUT2D eigenvalue weighted by Gasteiger charge is -2.34. The number of nitrogens with zero attached hydrogens (tertiary/aromatic N) is 1. The molecule has 2 rings (SSSR count). The normalized spacial score (nSPS) is 18.9. The van der Waals surface area contributed by atoms with E-state index < -0.39 is 0 Å². The minimum atomic E-state index is 0.185. The highest BCUT2D eigenvalue weighted by Gasteiger charge is 2.22. The maximum absolute atomic E-state index is 12.2. The highest BCUT2D eigenvalue weighted by atomic mass is 16.5. The van der Waals surface area contributed by atoms with Crippen molar-refractivity contribution in [3.8, 4) is 5.75 Å². The van der Waals surface area contributed by atoms with Crippen LogP contribution in [-0.2, 0) is 4.79 Å². The SMILES string of the molecule is Cc1cccc(OCCC(=O)N2CCNC[C@H]2C)c1C. The van der Waals surface area contributed by atoms with Gasteiger partial charge in [0.25, 0.3) is 0 Å². The molecule has 0 aliphatic carbocycles. The molecular weight excluding hydrogens is 252 g/mol. The monoisotopic (exact) mass is 276 g/mol. The molecule has 0 spiro atoms. The van der Waals surface area contributed by atoms with E-state index in [1.807, 2.05) is 24.0 Å². The van der Waals surface area contributed by atoms with Gasteiger partial charge in [-0.25, -0.2) is 0 Å². The summed E-state index contributed by atoms with van der Waals surface area (Å²) in [4.78, 5) is 14.1. The van der Waals surface area contributed by atoms with Crippen LogP contribution in [0.1, 0.15) is 24.5 Å². The Labute approximate surface area is 121 Å². The Morgan fingerprint density at radius 1 is 1.45 bits per heavy atom. The van der Waals surface area contributed by atoms with Crippen molar-refractivity contribution in [3.05, 3.63) is 29.3 Å². The van der Waals surface area contributed by atoms with Crippen LogP contribution in [0.25, 0.3) is 0 Å². The summed E-state index contributed by atoms with van der Waals surface area (Å²) in [5, 5.41) is 3.29. The van der Waals surface area contributed by atoms with E-state index in [4.69, 9.17) is 4.74 Å². The first-order valence-electron chi connectivity index (χ1n) is 7.29. The van der Waals surface area contributed by atoms with Crippen molar-refractivity contribution in [1.29, 1.82) is 0 Å². The first kappa shape index (κ1) is 14.9. The number of amides is 1. The second kappa shape index (κ2) is 6.75. The lowest BCUT2D eigenvalue weighted by atomic mass is 10.1. The molecule has 1 amide bonds. The molecular formula is C16H24N2O2. The van der Waals surface area contributed by atoms with E-state index in [2.05, 4.69) is 25.2 Å². The van der Waals surface area contributed by atoms with Crippen molar-refractivity contribution in [2.45, 2.75) is 33.2 Å². The maximum atomic E-state index is 12.2. The van der Waals surface area contributed by atoms with Gasteiger partial charge in [-0.1, -0.05) is 12.1 Å². The van der Waals surface area contributed by atoms with E-state index in [1.165, 1.54) is 5.56 Å². The summed E-state index contributed by atoms with van der Waals surface area (Å²) < 4.78 is 5.75. The number of carbonyl (C=O) groups excluding carboxylic acids is 1. The number of hydrogen-bond donors (Lipinski definition) is 1. The van der Waals surface area contributed by atoms with Crippen LogP contribution in [0.2, 0.25) is 0 Å². The van der Waals surface area contributed by atoms with Gasteiger partial charge in [0.1, 0.15) is 5.75 Å². The molecule has 1 N–H and O–H groups in total. The summed E-state index contributed by atoms with van der Waals surface area (Å²) in [5.74, 6) is 1.07. The fourth-order valence-corrected chi connectivity index (χ4v) is 2.48. The Morgan fingerprint density at radius 2 is 2.25 bits per heavy atom.